The van der Waals surface area contributed by atoms with Crippen LogP contribution in [-0.2, 0) is 17.5 Å². The molecule has 0 spiro atoms. The Morgan fingerprint density at radius 3 is 2.60 bits per heavy atom. The fourth-order valence-corrected chi connectivity index (χ4v) is 3.72. The molecule has 0 radical (unpaired) electrons. The van der Waals surface area contributed by atoms with Gasteiger partial charge in [-0.1, -0.05) is 12.1 Å². The molecule has 1 aliphatic rings. The van der Waals surface area contributed by atoms with Gasteiger partial charge in [-0.05, 0) is 31.4 Å². The maximum atomic E-state index is 12.6. The van der Waals surface area contributed by atoms with Gasteiger partial charge in [-0.3, -0.25) is 4.79 Å². The number of amides is 1. The molecule has 1 heterocycles. The quantitative estimate of drug-likeness (QED) is 0.866. The fourth-order valence-electron chi connectivity index (χ4n) is 2.90. The summed E-state index contributed by atoms with van der Waals surface area (Å²) in [6.45, 7) is 0.307. The zero-order valence-corrected chi connectivity index (χ0v) is 14.2. The van der Waals surface area contributed by atoms with E-state index in [1.807, 2.05) is 0 Å². The van der Waals surface area contributed by atoms with Crippen molar-refractivity contribution in [3.05, 3.63) is 40.9 Å². The van der Waals surface area contributed by atoms with Gasteiger partial charge in [-0.15, -0.1) is 11.3 Å². The Bertz CT molecular complexity index is 742. The van der Waals surface area contributed by atoms with Crippen LogP contribution in [-0.4, -0.2) is 16.9 Å². The van der Waals surface area contributed by atoms with Crippen molar-refractivity contribution in [1.29, 1.82) is 0 Å². The highest BCUT2D eigenvalue weighted by atomic mass is 32.1. The summed E-state index contributed by atoms with van der Waals surface area (Å²) >= 11 is 1.34. The Kier molecular flexibility index (Phi) is 5.10. The van der Waals surface area contributed by atoms with Crippen molar-refractivity contribution in [2.75, 3.05) is 0 Å². The summed E-state index contributed by atoms with van der Waals surface area (Å²) in [6.07, 6.45) is -1.97. The van der Waals surface area contributed by atoms with Gasteiger partial charge >= 0.3 is 6.18 Å². The molecule has 2 atom stereocenters. The van der Waals surface area contributed by atoms with E-state index in [1.165, 1.54) is 23.5 Å². The Morgan fingerprint density at radius 2 is 2.00 bits per heavy atom. The van der Waals surface area contributed by atoms with E-state index in [0.29, 0.717) is 29.2 Å². The molecular formula is C17H18F3N3OS. The molecule has 0 aliphatic heterocycles. The van der Waals surface area contributed by atoms with Gasteiger partial charge in [-0.2, -0.15) is 13.2 Å². The Labute approximate surface area is 147 Å². The molecule has 1 aromatic carbocycles. The summed E-state index contributed by atoms with van der Waals surface area (Å²) in [5.41, 5.74) is 6.44. The van der Waals surface area contributed by atoms with Crippen LogP contribution in [0.5, 0.6) is 0 Å². The average molecular weight is 369 g/mol. The molecule has 8 heteroatoms. The average Bonchev–Trinajstić information content (AvgIpc) is 3.21. The van der Waals surface area contributed by atoms with E-state index < -0.39 is 11.7 Å². The summed E-state index contributed by atoms with van der Waals surface area (Å²) in [7, 11) is 0. The summed E-state index contributed by atoms with van der Waals surface area (Å²) in [5, 5.41) is 5.28. The number of nitrogens with two attached hydrogens (primary N) is 1. The molecule has 1 saturated carbocycles. The first kappa shape index (κ1) is 17.9. The molecule has 25 heavy (non-hydrogen) atoms. The summed E-state index contributed by atoms with van der Waals surface area (Å²) in [4.78, 5) is 16.5. The molecule has 1 fully saturated rings. The van der Waals surface area contributed by atoms with Crippen LogP contribution in [0.3, 0.4) is 0 Å². The number of thiazole rings is 1. The first-order valence-electron chi connectivity index (χ1n) is 7.98. The molecule has 3 N–H and O–H groups in total. The number of alkyl halides is 3. The van der Waals surface area contributed by atoms with E-state index >= 15 is 0 Å². The lowest BCUT2D eigenvalue weighted by Crippen LogP contribution is -2.30. The number of carbonyl (C=O) groups is 1. The van der Waals surface area contributed by atoms with Gasteiger partial charge in [0.15, 0.2) is 0 Å². The number of carbonyl (C=O) groups excluding carboxylic acids is 1. The number of nitrogens with zero attached hydrogens (tertiary/aromatic N) is 1. The summed E-state index contributed by atoms with van der Waals surface area (Å²) in [5.74, 6) is -0.0555. The van der Waals surface area contributed by atoms with Crippen LogP contribution < -0.4 is 11.1 Å². The van der Waals surface area contributed by atoms with Gasteiger partial charge in [0.2, 0.25) is 5.91 Å². The monoisotopic (exact) mass is 369 g/mol. The lowest BCUT2D eigenvalue weighted by Gasteiger charge is -2.09. The van der Waals surface area contributed by atoms with Crippen LogP contribution in [0.1, 0.15) is 30.5 Å². The number of halogens is 3. The van der Waals surface area contributed by atoms with Crippen LogP contribution in [0.25, 0.3) is 10.6 Å². The molecule has 134 valence electrons. The third kappa shape index (κ3) is 4.38. The van der Waals surface area contributed by atoms with E-state index in [-0.39, 0.29) is 17.9 Å². The SMILES string of the molecule is NC1CCC(C(=O)NCc2csc(-c3ccc(C(F)(F)F)cc3)n2)C1. The highest BCUT2D eigenvalue weighted by molar-refractivity contribution is 7.13. The number of hydrogen-bond acceptors (Lipinski definition) is 4. The van der Waals surface area contributed by atoms with Crippen LogP contribution in [0.4, 0.5) is 13.2 Å². The minimum absolute atomic E-state index is 0.0166. The molecule has 2 aromatic rings. The van der Waals surface area contributed by atoms with Crippen molar-refractivity contribution >= 4 is 17.2 Å². The number of aromatic nitrogens is 1. The van der Waals surface area contributed by atoms with Crippen LogP contribution in [0, 0.1) is 5.92 Å². The second-order valence-electron chi connectivity index (χ2n) is 6.21. The van der Waals surface area contributed by atoms with Gasteiger partial charge in [0.25, 0.3) is 0 Å². The van der Waals surface area contributed by atoms with Gasteiger partial charge in [-0.25, -0.2) is 4.98 Å². The predicted octanol–water partition coefficient (Wildman–Crippen LogP) is 3.57. The van der Waals surface area contributed by atoms with Gasteiger partial charge in [0, 0.05) is 22.9 Å². The van der Waals surface area contributed by atoms with Crippen LogP contribution >= 0.6 is 11.3 Å². The van der Waals surface area contributed by atoms with E-state index in [4.69, 9.17) is 5.73 Å². The Hall–Kier alpha value is -1.93. The molecular weight excluding hydrogens is 351 g/mol. The first-order chi connectivity index (χ1) is 11.8. The standard InChI is InChI=1S/C17H18F3N3OS/c18-17(19,20)12-4-1-10(2-5-12)16-23-14(9-25-16)8-22-15(24)11-3-6-13(21)7-11/h1-2,4-5,9,11,13H,3,6-8,21H2,(H,22,24). The summed E-state index contributed by atoms with van der Waals surface area (Å²) < 4.78 is 37.8. The second-order valence-corrected chi connectivity index (χ2v) is 7.07. The van der Waals surface area contributed by atoms with Gasteiger partial charge in [0.05, 0.1) is 17.8 Å². The Balaban J connectivity index is 1.60. The topological polar surface area (TPSA) is 68.0 Å². The predicted molar refractivity (Wildman–Crippen MR) is 89.7 cm³/mol. The third-order valence-electron chi connectivity index (χ3n) is 4.30. The second kappa shape index (κ2) is 7.13. The zero-order chi connectivity index (χ0) is 18.0. The highest BCUT2D eigenvalue weighted by Gasteiger charge is 2.30. The molecule has 3 rings (SSSR count). The Morgan fingerprint density at radius 1 is 1.28 bits per heavy atom. The maximum Gasteiger partial charge on any atom is 0.416 e. The molecule has 1 aromatic heterocycles. The van der Waals surface area contributed by atoms with E-state index in [2.05, 4.69) is 10.3 Å². The first-order valence-corrected chi connectivity index (χ1v) is 8.86. The molecule has 0 bridgehead atoms. The minimum Gasteiger partial charge on any atom is -0.350 e. The summed E-state index contributed by atoms with van der Waals surface area (Å²) in [6, 6.07) is 5.00. The number of nitrogens with one attached hydrogen (secondary N) is 1. The van der Waals surface area contributed by atoms with Crippen LogP contribution in [0.2, 0.25) is 0 Å². The van der Waals surface area contributed by atoms with Crippen molar-refractivity contribution in [3.63, 3.8) is 0 Å². The normalized spacial score (nSPS) is 20.6. The highest BCUT2D eigenvalue weighted by Crippen LogP contribution is 2.31. The van der Waals surface area contributed by atoms with Crippen molar-refractivity contribution in [1.82, 2.24) is 10.3 Å². The van der Waals surface area contributed by atoms with Gasteiger partial charge < -0.3 is 11.1 Å². The van der Waals surface area contributed by atoms with E-state index in [1.54, 1.807) is 5.38 Å². The van der Waals surface area contributed by atoms with Gasteiger partial charge in [0.1, 0.15) is 5.01 Å². The van der Waals surface area contributed by atoms with Crippen molar-refractivity contribution in [2.24, 2.45) is 11.7 Å². The number of benzene rings is 1. The van der Waals surface area contributed by atoms with Crippen molar-refractivity contribution in [3.8, 4) is 10.6 Å². The van der Waals surface area contributed by atoms with Crippen LogP contribution in [0.15, 0.2) is 29.6 Å². The molecule has 2 unspecified atom stereocenters. The van der Waals surface area contributed by atoms with E-state index in [0.717, 1.165) is 25.0 Å². The molecule has 1 aliphatic carbocycles. The molecule has 4 nitrogen and oxygen atoms in total. The lowest BCUT2D eigenvalue weighted by atomic mass is 10.1. The third-order valence-corrected chi connectivity index (χ3v) is 5.24. The largest absolute Gasteiger partial charge is 0.416 e. The van der Waals surface area contributed by atoms with Crippen molar-refractivity contribution in [2.45, 2.75) is 38.0 Å². The number of rotatable bonds is 4. The molecule has 0 saturated heterocycles. The fraction of sp³-hybridized carbons (Fsp3) is 0.412. The zero-order valence-electron chi connectivity index (χ0n) is 13.3. The lowest BCUT2D eigenvalue weighted by molar-refractivity contribution is -0.137. The van der Waals surface area contributed by atoms with Crippen molar-refractivity contribution < 1.29 is 18.0 Å². The minimum atomic E-state index is -4.35. The maximum absolute atomic E-state index is 12.6. The smallest absolute Gasteiger partial charge is 0.350 e. The molecule has 1 amide bonds. The number of hydrogen-bond donors (Lipinski definition) is 2. The van der Waals surface area contributed by atoms with E-state index in [9.17, 15) is 18.0 Å².